The minimum absolute atomic E-state index is 0.0443. The lowest BCUT2D eigenvalue weighted by molar-refractivity contribution is 0.0999. The van der Waals surface area contributed by atoms with Gasteiger partial charge in [0.25, 0.3) is 0 Å². The third-order valence-electron chi connectivity index (χ3n) is 5.72. The number of carbonyl (C=O) groups excluding carboxylic acids is 1. The minimum Gasteiger partial charge on any atom is -0.488 e. The number of aliphatic hydroxyl groups is 1. The van der Waals surface area contributed by atoms with Crippen molar-refractivity contribution in [1.29, 1.82) is 0 Å². The molecule has 3 aromatic rings. The molecule has 0 aromatic heterocycles. The molecule has 0 saturated carbocycles. The van der Waals surface area contributed by atoms with Crippen LogP contribution in [-0.4, -0.2) is 30.3 Å². The number of primary amides is 1. The molecule has 1 aliphatic heterocycles. The lowest BCUT2D eigenvalue weighted by Gasteiger charge is -2.27. The second-order valence-electron chi connectivity index (χ2n) is 8.07. The van der Waals surface area contributed by atoms with E-state index in [1.165, 1.54) is 19.1 Å². The molecule has 3 aromatic carbocycles. The van der Waals surface area contributed by atoms with Crippen LogP contribution in [0.1, 0.15) is 28.4 Å². The second kappa shape index (κ2) is 9.02. The third-order valence-corrected chi connectivity index (χ3v) is 6.03. The van der Waals surface area contributed by atoms with Crippen molar-refractivity contribution in [2.75, 3.05) is 13.2 Å². The Bertz CT molecular complexity index is 1200. The molecule has 1 heterocycles. The molecule has 0 unspecified atom stereocenters. The first-order valence-electron chi connectivity index (χ1n) is 10.5. The number of hydrogen-bond donors (Lipinski definition) is 3. The Kier molecular flexibility index (Phi) is 6.30. The zero-order valence-corrected chi connectivity index (χ0v) is 18.7. The van der Waals surface area contributed by atoms with E-state index >= 15 is 4.39 Å². The number of rotatable bonds is 7. The Balaban J connectivity index is 1.90. The maximum atomic E-state index is 15.7. The van der Waals surface area contributed by atoms with Gasteiger partial charge in [0.2, 0.25) is 5.91 Å². The number of ether oxygens (including phenoxy) is 2. The number of halogens is 2. The monoisotopic (exact) mass is 470 g/mol. The van der Waals surface area contributed by atoms with Gasteiger partial charge in [-0.3, -0.25) is 4.79 Å². The quantitative estimate of drug-likeness (QED) is 0.487. The zero-order chi connectivity index (χ0) is 23.8. The van der Waals surface area contributed by atoms with Gasteiger partial charge in [-0.05, 0) is 36.8 Å². The molecule has 0 bridgehead atoms. The van der Waals surface area contributed by atoms with Gasteiger partial charge in [-0.1, -0.05) is 41.9 Å². The van der Waals surface area contributed by atoms with Crippen molar-refractivity contribution in [1.82, 2.24) is 0 Å². The average molecular weight is 471 g/mol. The van der Waals surface area contributed by atoms with Crippen LogP contribution in [0.5, 0.6) is 11.5 Å². The molecule has 8 heteroatoms. The van der Waals surface area contributed by atoms with Gasteiger partial charge >= 0.3 is 0 Å². The van der Waals surface area contributed by atoms with Crippen molar-refractivity contribution in [3.63, 3.8) is 0 Å². The standard InChI is InChI=1S/C25H24ClFN2O4/c1-14(30)12-32-20-9-7-16(24(29)31)22(23(20)27)21-17-11-25(13-28,15-5-3-2-4-6-15)33-19(17)10-8-18(21)26/h2-10,14,30H,11-13,28H2,1H3,(H2,29,31)/t14-,25+/m0/s1. The van der Waals surface area contributed by atoms with Gasteiger partial charge in [-0.2, -0.15) is 0 Å². The highest BCUT2D eigenvalue weighted by atomic mass is 35.5. The van der Waals surface area contributed by atoms with Crippen LogP contribution in [0.25, 0.3) is 11.1 Å². The molecule has 0 fully saturated rings. The second-order valence-corrected chi connectivity index (χ2v) is 8.47. The fourth-order valence-electron chi connectivity index (χ4n) is 4.14. The van der Waals surface area contributed by atoms with Crippen molar-refractivity contribution in [3.05, 3.63) is 82.1 Å². The van der Waals surface area contributed by atoms with Gasteiger partial charge in [0, 0.05) is 34.7 Å². The van der Waals surface area contributed by atoms with Crippen LogP contribution in [0.3, 0.4) is 0 Å². The first-order chi connectivity index (χ1) is 15.8. The highest BCUT2D eigenvalue weighted by Crippen LogP contribution is 2.49. The van der Waals surface area contributed by atoms with E-state index in [1.807, 2.05) is 30.3 Å². The van der Waals surface area contributed by atoms with Crippen molar-refractivity contribution in [2.24, 2.45) is 11.5 Å². The predicted octanol–water partition coefficient (Wildman–Crippen LogP) is 3.79. The smallest absolute Gasteiger partial charge is 0.249 e. The van der Waals surface area contributed by atoms with E-state index in [0.29, 0.717) is 23.3 Å². The Labute approximate surface area is 195 Å². The van der Waals surface area contributed by atoms with E-state index in [9.17, 15) is 9.90 Å². The Morgan fingerprint density at radius 1 is 1.21 bits per heavy atom. The summed E-state index contributed by atoms with van der Waals surface area (Å²) in [5.74, 6) is -1.25. The molecule has 6 nitrogen and oxygen atoms in total. The number of benzene rings is 3. The summed E-state index contributed by atoms with van der Waals surface area (Å²) in [7, 11) is 0. The van der Waals surface area contributed by atoms with Gasteiger partial charge in [-0.15, -0.1) is 0 Å². The summed E-state index contributed by atoms with van der Waals surface area (Å²) in [4.78, 5) is 12.2. The van der Waals surface area contributed by atoms with Gasteiger partial charge < -0.3 is 26.0 Å². The van der Waals surface area contributed by atoms with Gasteiger partial charge in [0.1, 0.15) is 12.4 Å². The SMILES string of the molecule is C[C@H](O)COc1ccc(C(N)=O)c(-c2c(Cl)ccc3c2C[C@@](CN)(c2ccccc2)O3)c1F. The molecule has 1 amide bonds. The van der Waals surface area contributed by atoms with E-state index in [2.05, 4.69) is 0 Å². The van der Waals surface area contributed by atoms with Crippen LogP contribution in [-0.2, 0) is 12.0 Å². The molecule has 0 saturated heterocycles. The van der Waals surface area contributed by atoms with E-state index in [0.717, 1.165) is 5.56 Å². The fraction of sp³-hybridized carbons (Fsp3) is 0.240. The molecular weight excluding hydrogens is 447 g/mol. The zero-order valence-electron chi connectivity index (χ0n) is 18.0. The number of nitrogens with two attached hydrogens (primary N) is 2. The van der Waals surface area contributed by atoms with E-state index in [1.54, 1.807) is 12.1 Å². The van der Waals surface area contributed by atoms with Crippen molar-refractivity contribution < 1.29 is 23.8 Å². The van der Waals surface area contributed by atoms with Gasteiger partial charge in [0.05, 0.1) is 11.7 Å². The summed E-state index contributed by atoms with van der Waals surface area (Å²) in [6, 6.07) is 15.5. The number of amides is 1. The Morgan fingerprint density at radius 3 is 2.58 bits per heavy atom. The van der Waals surface area contributed by atoms with Crippen LogP contribution >= 0.6 is 11.6 Å². The van der Waals surface area contributed by atoms with Crippen LogP contribution in [0.4, 0.5) is 4.39 Å². The highest BCUT2D eigenvalue weighted by Gasteiger charge is 2.42. The first kappa shape index (κ1) is 23.0. The molecule has 5 N–H and O–H groups in total. The third kappa shape index (κ3) is 4.15. The molecule has 0 aliphatic carbocycles. The summed E-state index contributed by atoms with van der Waals surface area (Å²) in [5.41, 5.74) is 12.5. The Hall–Kier alpha value is -3.13. The average Bonchev–Trinajstić information content (AvgIpc) is 3.19. The summed E-state index contributed by atoms with van der Waals surface area (Å²) in [6.07, 6.45) is -0.493. The van der Waals surface area contributed by atoms with Crippen LogP contribution in [0.15, 0.2) is 54.6 Å². The first-order valence-corrected chi connectivity index (χ1v) is 10.8. The summed E-state index contributed by atoms with van der Waals surface area (Å²) in [6.45, 7) is 1.57. The van der Waals surface area contributed by atoms with E-state index in [-0.39, 0.29) is 35.1 Å². The highest BCUT2D eigenvalue weighted by molar-refractivity contribution is 6.34. The Morgan fingerprint density at radius 2 is 1.94 bits per heavy atom. The topological polar surface area (TPSA) is 108 Å². The van der Waals surface area contributed by atoms with Crippen molar-refractivity contribution >= 4 is 17.5 Å². The number of carbonyl (C=O) groups is 1. The molecular formula is C25H24ClFN2O4. The maximum Gasteiger partial charge on any atom is 0.249 e. The number of hydrogen-bond acceptors (Lipinski definition) is 5. The molecule has 0 spiro atoms. The largest absolute Gasteiger partial charge is 0.488 e. The normalized spacial score (nSPS) is 17.8. The molecule has 4 rings (SSSR count). The van der Waals surface area contributed by atoms with Crippen molar-refractivity contribution in [3.8, 4) is 22.6 Å². The molecule has 172 valence electrons. The number of fused-ring (bicyclic) bond motifs is 1. The lowest BCUT2D eigenvalue weighted by Crippen LogP contribution is -2.39. The predicted molar refractivity (Wildman–Crippen MR) is 124 cm³/mol. The van der Waals surface area contributed by atoms with Crippen LogP contribution in [0, 0.1) is 5.82 Å². The maximum absolute atomic E-state index is 15.7. The van der Waals surface area contributed by atoms with E-state index < -0.39 is 23.4 Å². The van der Waals surface area contributed by atoms with Crippen LogP contribution < -0.4 is 20.9 Å². The lowest BCUT2D eigenvalue weighted by atomic mass is 9.85. The number of aliphatic hydroxyl groups excluding tert-OH is 1. The minimum atomic E-state index is -0.868. The molecule has 2 atom stereocenters. The summed E-state index contributed by atoms with van der Waals surface area (Å²) < 4.78 is 27.5. The fourth-order valence-corrected chi connectivity index (χ4v) is 4.41. The van der Waals surface area contributed by atoms with Gasteiger partial charge in [-0.25, -0.2) is 4.39 Å². The van der Waals surface area contributed by atoms with Crippen LogP contribution in [0.2, 0.25) is 5.02 Å². The molecule has 33 heavy (non-hydrogen) atoms. The molecule has 0 radical (unpaired) electrons. The van der Waals surface area contributed by atoms with Gasteiger partial charge in [0.15, 0.2) is 17.2 Å². The van der Waals surface area contributed by atoms with E-state index in [4.69, 9.17) is 32.5 Å². The summed E-state index contributed by atoms with van der Waals surface area (Å²) in [5, 5.41) is 9.76. The van der Waals surface area contributed by atoms with Crippen molar-refractivity contribution in [2.45, 2.75) is 25.0 Å². The summed E-state index contributed by atoms with van der Waals surface area (Å²) >= 11 is 6.57. The molecule has 1 aliphatic rings.